The summed E-state index contributed by atoms with van der Waals surface area (Å²) in [6.07, 6.45) is 0. The van der Waals surface area contributed by atoms with E-state index in [-0.39, 0.29) is 0 Å². The molecule has 0 amide bonds. The lowest BCUT2D eigenvalue weighted by molar-refractivity contribution is 1.22. The summed E-state index contributed by atoms with van der Waals surface area (Å²) in [5, 5.41) is 4.62. The van der Waals surface area contributed by atoms with Crippen LogP contribution < -0.4 is 5.32 Å². The number of rotatable bonds is 5. The van der Waals surface area contributed by atoms with Crippen LogP contribution in [0.1, 0.15) is 31.9 Å². The van der Waals surface area contributed by atoms with Gasteiger partial charge in [0.1, 0.15) is 5.82 Å². The average Bonchev–Trinajstić information content (AvgIpc) is 2.77. The molecule has 3 heteroatoms. The van der Waals surface area contributed by atoms with Gasteiger partial charge in [-0.25, -0.2) is 9.97 Å². The molecule has 0 aliphatic rings. The van der Waals surface area contributed by atoms with Crippen LogP contribution in [0, 0.1) is 0 Å². The number of hydrogen-bond acceptors (Lipinski definition) is 3. The fourth-order valence-electron chi connectivity index (χ4n) is 3.54. The minimum absolute atomic E-state index is 0.707. The Morgan fingerprint density at radius 2 is 1.37 bits per heavy atom. The third-order valence-corrected chi connectivity index (χ3v) is 5.03. The highest BCUT2D eigenvalue weighted by atomic mass is 15.0. The van der Waals surface area contributed by atoms with Gasteiger partial charge in [-0.1, -0.05) is 84.5 Å². The zero-order valence-corrected chi connectivity index (χ0v) is 17.6. The molecule has 0 saturated carbocycles. The SMILES string of the molecule is C=C(C)c1ccccc1C(Nc1nc(-c2ccccc2)nc2ccccc12)=C(C)C. The molecule has 4 aromatic rings. The first-order chi connectivity index (χ1) is 14.5. The van der Waals surface area contributed by atoms with Crippen molar-refractivity contribution in [2.45, 2.75) is 20.8 Å². The van der Waals surface area contributed by atoms with E-state index in [2.05, 4.69) is 50.0 Å². The van der Waals surface area contributed by atoms with Crippen molar-refractivity contribution in [1.29, 1.82) is 0 Å². The van der Waals surface area contributed by atoms with E-state index < -0.39 is 0 Å². The predicted molar refractivity (Wildman–Crippen MR) is 128 cm³/mol. The molecule has 1 N–H and O–H groups in total. The quantitative estimate of drug-likeness (QED) is 0.391. The first kappa shape index (κ1) is 19.6. The number of nitrogens with one attached hydrogen (secondary N) is 1. The molecule has 0 fully saturated rings. The van der Waals surface area contributed by atoms with Crippen molar-refractivity contribution in [2.75, 3.05) is 5.32 Å². The number of fused-ring (bicyclic) bond motifs is 1. The van der Waals surface area contributed by atoms with Crippen molar-refractivity contribution in [1.82, 2.24) is 9.97 Å². The van der Waals surface area contributed by atoms with E-state index in [9.17, 15) is 0 Å². The van der Waals surface area contributed by atoms with Crippen molar-refractivity contribution in [3.63, 3.8) is 0 Å². The Labute approximate surface area is 177 Å². The highest BCUT2D eigenvalue weighted by Gasteiger charge is 2.14. The molecule has 0 spiro atoms. The molecule has 1 heterocycles. The Hall–Kier alpha value is -3.72. The first-order valence-corrected chi connectivity index (χ1v) is 10.1. The Bertz CT molecular complexity index is 1250. The molecule has 0 saturated heterocycles. The van der Waals surface area contributed by atoms with Gasteiger partial charge in [-0.3, -0.25) is 0 Å². The second-order valence-corrected chi connectivity index (χ2v) is 7.60. The smallest absolute Gasteiger partial charge is 0.162 e. The van der Waals surface area contributed by atoms with E-state index in [1.165, 1.54) is 5.57 Å². The fourth-order valence-corrected chi connectivity index (χ4v) is 3.54. The van der Waals surface area contributed by atoms with Crippen LogP contribution in [-0.4, -0.2) is 9.97 Å². The van der Waals surface area contributed by atoms with Crippen LogP contribution in [0.5, 0.6) is 0 Å². The lowest BCUT2D eigenvalue weighted by Gasteiger charge is -2.18. The molecule has 0 unspecified atom stereocenters. The molecule has 148 valence electrons. The van der Waals surface area contributed by atoms with Crippen LogP contribution in [0.25, 0.3) is 33.6 Å². The number of para-hydroxylation sites is 1. The number of hydrogen-bond donors (Lipinski definition) is 1. The van der Waals surface area contributed by atoms with Crippen LogP contribution in [0.2, 0.25) is 0 Å². The molecule has 4 rings (SSSR count). The van der Waals surface area contributed by atoms with Crippen molar-refractivity contribution in [3.05, 3.63) is 102 Å². The van der Waals surface area contributed by atoms with Crippen LogP contribution in [0.4, 0.5) is 5.82 Å². The molecule has 0 atom stereocenters. The van der Waals surface area contributed by atoms with Crippen molar-refractivity contribution in [3.8, 4) is 11.4 Å². The molecule has 3 nitrogen and oxygen atoms in total. The van der Waals surface area contributed by atoms with Gasteiger partial charge in [0.2, 0.25) is 0 Å². The fraction of sp³-hybridized carbons (Fsp3) is 0.111. The van der Waals surface area contributed by atoms with Gasteiger partial charge in [0.05, 0.1) is 5.52 Å². The Morgan fingerprint density at radius 1 is 0.733 bits per heavy atom. The van der Waals surface area contributed by atoms with E-state index in [0.717, 1.165) is 44.7 Å². The molecule has 0 radical (unpaired) electrons. The third-order valence-electron chi connectivity index (χ3n) is 5.03. The summed E-state index contributed by atoms with van der Waals surface area (Å²) in [6, 6.07) is 26.5. The van der Waals surface area contributed by atoms with Gasteiger partial charge < -0.3 is 5.32 Å². The predicted octanol–water partition coefficient (Wildman–Crippen LogP) is 7.19. The largest absolute Gasteiger partial charge is 0.339 e. The minimum Gasteiger partial charge on any atom is -0.339 e. The number of anilines is 1. The summed E-state index contributed by atoms with van der Waals surface area (Å²) in [5.41, 5.74) is 7.40. The molecular weight excluding hydrogens is 366 g/mol. The van der Waals surface area contributed by atoms with Gasteiger partial charge >= 0.3 is 0 Å². The van der Waals surface area contributed by atoms with Crippen molar-refractivity contribution < 1.29 is 0 Å². The molecule has 30 heavy (non-hydrogen) atoms. The van der Waals surface area contributed by atoms with E-state index in [1.807, 2.05) is 61.5 Å². The molecule has 0 aliphatic heterocycles. The number of allylic oxidation sites excluding steroid dienone is 2. The summed E-state index contributed by atoms with van der Waals surface area (Å²) in [7, 11) is 0. The van der Waals surface area contributed by atoms with Gasteiger partial charge in [0, 0.05) is 22.2 Å². The lowest BCUT2D eigenvalue weighted by Crippen LogP contribution is -2.07. The molecule has 3 aromatic carbocycles. The summed E-state index contributed by atoms with van der Waals surface area (Å²) in [5.74, 6) is 1.50. The maximum Gasteiger partial charge on any atom is 0.162 e. The Morgan fingerprint density at radius 3 is 2.07 bits per heavy atom. The van der Waals surface area contributed by atoms with Crippen LogP contribution >= 0.6 is 0 Å². The molecule has 1 aromatic heterocycles. The minimum atomic E-state index is 0.707. The molecule has 0 aliphatic carbocycles. The van der Waals surface area contributed by atoms with Crippen LogP contribution in [0.15, 0.2) is 91.0 Å². The highest BCUT2D eigenvalue weighted by Crippen LogP contribution is 2.31. The summed E-state index contributed by atoms with van der Waals surface area (Å²) in [6.45, 7) is 10.4. The van der Waals surface area contributed by atoms with Gasteiger partial charge in [-0.15, -0.1) is 0 Å². The molecular formula is C27H25N3. The Kier molecular flexibility index (Phi) is 5.44. The van der Waals surface area contributed by atoms with Gasteiger partial charge in [-0.05, 0) is 38.5 Å². The maximum atomic E-state index is 4.91. The van der Waals surface area contributed by atoms with Crippen LogP contribution in [-0.2, 0) is 0 Å². The normalized spacial score (nSPS) is 10.6. The van der Waals surface area contributed by atoms with Crippen molar-refractivity contribution in [2.24, 2.45) is 0 Å². The topological polar surface area (TPSA) is 37.8 Å². The van der Waals surface area contributed by atoms with E-state index in [1.54, 1.807) is 0 Å². The van der Waals surface area contributed by atoms with Crippen LogP contribution in [0.3, 0.4) is 0 Å². The zero-order chi connectivity index (χ0) is 21.1. The molecule has 0 bridgehead atoms. The summed E-state index contributed by atoms with van der Waals surface area (Å²) in [4.78, 5) is 9.71. The number of nitrogens with zero attached hydrogens (tertiary/aromatic N) is 2. The highest BCUT2D eigenvalue weighted by molar-refractivity contribution is 5.95. The Balaban J connectivity index is 1.89. The van der Waals surface area contributed by atoms with Crippen molar-refractivity contribution >= 4 is 28.0 Å². The van der Waals surface area contributed by atoms with E-state index in [0.29, 0.717) is 5.82 Å². The second kappa shape index (κ2) is 8.34. The lowest BCUT2D eigenvalue weighted by atomic mass is 9.97. The first-order valence-electron chi connectivity index (χ1n) is 10.1. The zero-order valence-electron chi connectivity index (χ0n) is 17.6. The number of benzene rings is 3. The van der Waals surface area contributed by atoms with Gasteiger partial charge in [-0.2, -0.15) is 0 Å². The van der Waals surface area contributed by atoms with Gasteiger partial charge in [0.15, 0.2) is 5.82 Å². The number of aromatic nitrogens is 2. The average molecular weight is 392 g/mol. The second-order valence-electron chi connectivity index (χ2n) is 7.60. The third kappa shape index (κ3) is 3.87. The monoisotopic (exact) mass is 391 g/mol. The van der Waals surface area contributed by atoms with Gasteiger partial charge in [0.25, 0.3) is 0 Å². The summed E-state index contributed by atoms with van der Waals surface area (Å²) >= 11 is 0. The standard InChI is InChI=1S/C27H25N3/c1-18(2)21-14-8-9-15-22(21)25(19(3)4)29-27-23-16-10-11-17-24(23)28-26(30-27)20-12-6-5-7-13-20/h5-17H,1H2,2-4H3,(H,28,29,30). The van der Waals surface area contributed by atoms with E-state index >= 15 is 0 Å². The van der Waals surface area contributed by atoms with E-state index in [4.69, 9.17) is 9.97 Å². The summed E-state index contributed by atoms with van der Waals surface area (Å²) < 4.78 is 0. The maximum absolute atomic E-state index is 4.91.